The molecule has 2 heterocycles. The number of hydrogen-bond acceptors (Lipinski definition) is 3. The first-order valence-electron chi connectivity index (χ1n) is 9.57. The summed E-state index contributed by atoms with van der Waals surface area (Å²) < 4.78 is 0. The van der Waals surface area contributed by atoms with Crippen molar-refractivity contribution in [2.45, 2.75) is 53.5 Å². The number of benzene rings is 1. The zero-order valence-electron chi connectivity index (χ0n) is 16.3. The summed E-state index contributed by atoms with van der Waals surface area (Å²) in [6.07, 6.45) is 2.49. The lowest BCUT2D eigenvalue weighted by Gasteiger charge is -2.41. The Morgan fingerprint density at radius 3 is 2.62 bits per heavy atom. The minimum Gasteiger partial charge on any atom is -0.346 e. The Kier molecular flexibility index (Phi) is 4.18. The molecule has 1 aromatic heterocycles. The van der Waals surface area contributed by atoms with Crippen molar-refractivity contribution < 1.29 is 0 Å². The van der Waals surface area contributed by atoms with Crippen LogP contribution in [0.25, 0.3) is 11.0 Å². The van der Waals surface area contributed by atoms with Crippen molar-refractivity contribution in [1.82, 2.24) is 14.9 Å². The molecule has 5 heteroatoms. The second-order valence-electron chi connectivity index (χ2n) is 8.81. The van der Waals surface area contributed by atoms with Crippen LogP contribution >= 0.6 is 12.2 Å². The summed E-state index contributed by atoms with van der Waals surface area (Å²) in [5.41, 5.74) is 5.18. The van der Waals surface area contributed by atoms with Crippen LogP contribution in [0.3, 0.4) is 0 Å². The molecule has 4 rings (SSSR count). The average Bonchev–Trinajstić information content (AvgIpc) is 2.94. The molecule has 1 saturated carbocycles. The zero-order valence-corrected chi connectivity index (χ0v) is 17.2. The smallest absolute Gasteiger partial charge is 0.173 e. The second-order valence-corrected chi connectivity index (χ2v) is 9.20. The van der Waals surface area contributed by atoms with E-state index < -0.39 is 0 Å². The van der Waals surface area contributed by atoms with E-state index in [-0.39, 0.29) is 0 Å². The number of anilines is 1. The number of rotatable bonds is 1. The molecule has 26 heavy (non-hydrogen) atoms. The Morgan fingerprint density at radius 1 is 1.19 bits per heavy atom. The Balaban J connectivity index is 1.54. The van der Waals surface area contributed by atoms with Crippen LogP contribution in [-0.4, -0.2) is 32.6 Å². The van der Waals surface area contributed by atoms with E-state index in [2.05, 4.69) is 47.0 Å². The van der Waals surface area contributed by atoms with Gasteiger partial charge >= 0.3 is 0 Å². The molecular weight excluding hydrogens is 340 g/mol. The highest BCUT2D eigenvalue weighted by Gasteiger charge is 2.48. The molecular formula is C21H28N4S. The molecule has 0 radical (unpaired) electrons. The quantitative estimate of drug-likeness (QED) is 0.739. The number of nitrogens with one attached hydrogen (secondary N) is 1. The molecule has 3 atom stereocenters. The maximum Gasteiger partial charge on any atom is 0.173 e. The van der Waals surface area contributed by atoms with Crippen LogP contribution in [0.15, 0.2) is 18.2 Å². The fraction of sp³-hybridized carbons (Fsp3) is 0.571. The number of thiocarbonyl (C=S) groups is 1. The molecule has 0 spiro atoms. The van der Waals surface area contributed by atoms with Crippen molar-refractivity contribution in [3.63, 3.8) is 0 Å². The van der Waals surface area contributed by atoms with Crippen LogP contribution in [0.2, 0.25) is 0 Å². The minimum absolute atomic E-state index is 0.395. The van der Waals surface area contributed by atoms with Gasteiger partial charge in [0.2, 0.25) is 0 Å². The van der Waals surface area contributed by atoms with E-state index in [1.54, 1.807) is 0 Å². The number of hydrogen-bond donors (Lipinski definition) is 1. The SMILES string of the molecule is Cc1nc2ccc(NC(=S)N3C[C@@H]4C[C@H]3CC(C)(C)[C@H]4C)cc2nc1C. The Hall–Kier alpha value is -1.75. The fourth-order valence-electron chi connectivity index (χ4n) is 4.69. The van der Waals surface area contributed by atoms with E-state index in [0.717, 1.165) is 51.6 Å². The predicted molar refractivity (Wildman–Crippen MR) is 111 cm³/mol. The van der Waals surface area contributed by atoms with Gasteiger partial charge in [-0.15, -0.1) is 0 Å². The first kappa shape index (κ1) is 17.7. The van der Waals surface area contributed by atoms with Crippen LogP contribution in [-0.2, 0) is 0 Å². The number of aromatic nitrogens is 2. The van der Waals surface area contributed by atoms with E-state index in [0.29, 0.717) is 11.5 Å². The lowest BCUT2D eigenvalue weighted by molar-refractivity contribution is 0.107. The molecule has 0 amide bonds. The number of nitrogens with zero attached hydrogens (tertiary/aromatic N) is 3. The average molecular weight is 369 g/mol. The molecule has 1 saturated heterocycles. The standard InChI is InChI=1S/C21H28N4S/c1-12-15-8-17(10-21(12,4)5)25(11-15)20(26)24-16-6-7-18-19(9-16)23-14(3)13(2)22-18/h6-7,9,12,15,17H,8,10-11H2,1-5H3,(H,24,26)/t12-,15-,17-/m0/s1. The van der Waals surface area contributed by atoms with Crippen molar-refractivity contribution in [3.05, 3.63) is 29.6 Å². The predicted octanol–water partition coefficient (Wildman–Crippen LogP) is 4.70. The molecule has 2 bridgehead atoms. The Labute approximate surface area is 161 Å². The molecule has 2 aromatic rings. The van der Waals surface area contributed by atoms with E-state index in [1.807, 2.05) is 26.0 Å². The molecule has 2 aliphatic rings. The molecule has 0 unspecified atom stereocenters. The lowest BCUT2D eigenvalue weighted by atomic mass is 9.65. The minimum atomic E-state index is 0.395. The highest BCUT2D eigenvalue weighted by atomic mass is 32.1. The van der Waals surface area contributed by atoms with Gasteiger partial charge in [-0.05, 0) is 74.4 Å². The van der Waals surface area contributed by atoms with Crippen LogP contribution in [0, 0.1) is 31.1 Å². The van der Waals surface area contributed by atoms with Gasteiger partial charge in [0.15, 0.2) is 5.11 Å². The summed E-state index contributed by atoms with van der Waals surface area (Å²) >= 11 is 5.78. The monoisotopic (exact) mass is 368 g/mol. The maximum atomic E-state index is 5.78. The van der Waals surface area contributed by atoms with Crippen LogP contribution in [0.1, 0.15) is 45.0 Å². The van der Waals surface area contributed by atoms with Gasteiger partial charge < -0.3 is 10.2 Å². The second kappa shape index (κ2) is 6.15. The Morgan fingerprint density at radius 2 is 1.88 bits per heavy atom. The zero-order chi connectivity index (χ0) is 18.6. The topological polar surface area (TPSA) is 41.1 Å². The third-order valence-electron chi connectivity index (χ3n) is 6.74. The third-order valence-corrected chi connectivity index (χ3v) is 7.07. The first-order valence-corrected chi connectivity index (χ1v) is 9.98. The van der Waals surface area contributed by atoms with Gasteiger partial charge in [-0.25, -0.2) is 9.97 Å². The number of fused-ring (bicyclic) bond motifs is 3. The van der Waals surface area contributed by atoms with Gasteiger partial charge in [-0.3, -0.25) is 0 Å². The summed E-state index contributed by atoms with van der Waals surface area (Å²) in [7, 11) is 0. The lowest BCUT2D eigenvalue weighted by Crippen LogP contribution is -2.41. The van der Waals surface area contributed by atoms with Crippen molar-refractivity contribution in [2.24, 2.45) is 17.3 Å². The van der Waals surface area contributed by atoms with Gasteiger partial charge in [0, 0.05) is 18.3 Å². The summed E-state index contributed by atoms with van der Waals surface area (Å²) in [5, 5.41) is 4.30. The molecule has 1 aliphatic carbocycles. The molecule has 1 aromatic carbocycles. The van der Waals surface area contributed by atoms with Crippen molar-refractivity contribution in [1.29, 1.82) is 0 Å². The fourth-order valence-corrected chi connectivity index (χ4v) is 5.03. The van der Waals surface area contributed by atoms with Gasteiger partial charge in [0.1, 0.15) is 0 Å². The summed E-state index contributed by atoms with van der Waals surface area (Å²) in [6, 6.07) is 6.69. The molecule has 138 valence electrons. The van der Waals surface area contributed by atoms with Gasteiger partial charge in [-0.1, -0.05) is 20.8 Å². The first-order chi connectivity index (χ1) is 12.2. The van der Waals surface area contributed by atoms with E-state index in [1.165, 1.54) is 12.8 Å². The number of aryl methyl sites for hydroxylation is 2. The number of likely N-dealkylation sites (tertiary alicyclic amines) is 1. The van der Waals surface area contributed by atoms with E-state index >= 15 is 0 Å². The van der Waals surface area contributed by atoms with Crippen LogP contribution in [0.5, 0.6) is 0 Å². The normalized spacial score (nSPS) is 27.0. The summed E-state index contributed by atoms with van der Waals surface area (Å²) in [5.74, 6) is 1.49. The van der Waals surface area contributed by atoms with E-state index in [4.69, 9.17) is 12.2 Å². The van der Waals surface area contributed by atoms with Crippen molar-refractivity contribution in [2.75, 3.05) is 11.9 Å². The Bertz CT molecular complexity index is 876. The third kappa shape index (κ3) is 2.96. The largest absolute Gasteiger partial charge is 0.346 e. The van der Waals surface area contributed by atoms with Gasteiger partial charge in [0.05, 0.1) is 22.4 Å². The highest BCUT2D eigenvalue weighted by molar-refractivity contribution is 7.80. The molecule has 2 fully saturated rings. The molecule has 1 N–H and O–H groups in total. The highest BCUT2D eigenvalue weighted by Crippen LogP contribution is 2.49. The maximum absolute atomic E-state index is 5.78. The molecule has 1 aliphatic heterocycles. The van der Waals surface area contributed by atoms with Gasteiger partial charge in [0.25, 0.3) is 0 Å². The van der Waals surface area contributed by atoms with Crippen molar-refractivity contribution >= 4 is 34.1 Å². The van der Waals surface area contributed by atoms with Gasteiger partial charge in [-0.2, -0.15) is 0 Å². The summed E-state index contributed by atoms with van der Waals surface area (Å²) in [6.45, 7) is 12.3. The van der Waals surface area contributed by atoms with E-state index in [9.17, 15) is 0 Å². The van der Waals surface area contributed by atoms with Crippen LogP contribution in [0.4, 0.5) is 5.69 Å². The molecule has 4 nitrogen and oxygen atoms in total. The summed E-state index contributed by atoms with van der Waals surface area (Å²) in [4.78, 5) is 11.7. The van der Waals surface area contributed by atoms with Crippen LogP contribution < -0.4 is 5.32 Å². The van der Waals surface area contributed by atoms with Crippen molar-refractivity contribution in [3.8, 4) is 0 Å².